The third-order valence-corrected chi connectivity index (χ3v) is 2.63. The molecule has 0 atom stereocenters. The molecule has 0 aliphatic heterocycles. The van der Waals surface area contributed by atoms with Crippen LogP contribution in [0.5, 0.6) is 0 Å². The Kier molecular flexibility index (Phi) is 4.70. The highest BCUT2D eigenvalue weighted by atomic mass is 16.1. The van der Waals surface area contributed by atoms with E-state index in [4.69, 9.17) is 0 Å². The number of nitrogens with one attached hydrogen (secondary N) is 4. The molecule has 2 aromatic heterocycles. The number of hydrogen-bond acceptors (Lipinski definition) is 6. The first-order valence-corrected chi connectivity index (χ1v) is 6.70. The van der Waals surface area contributed by atoms with Gasteiger partial charge in [0, 0.05) is 13.1 Å². The van der Waals surface area contributed by atoms with Crippen molar-refractivity contribution in [2.75, 3.05) is 30.3 Å². The molecule has 1 amide bonds. The zero-order chi connectivity index (χ0) is 14.4. The van der Waals surface area contributed by atoms with Crippen molar-refractivity contribution in [1.29, 1.82) is 0 Å². The molecule has 2 aromatic rings. The molecule has 0 spiro atoms. The van der Waals surface area contributed by atoms with Crippen molar-refractivity contribution in [1.82, 2.24) is 25.5 Å². The number of aromatic nitrogens is 4. The molecule has 8 nitrogen and oxygen atoms in total. The first-order chi connectivity index (χ1) is 9.74. The van der Waals surface area contributed by atoms with E-state index >= 15 is 0 Å². The van der Waals surface area contributed by atoms with Gasteiger partial charge in [-0.05, 0) is 13.3 Å². The van der Waals surface area contributed by atoms with Gasteiger partial charge in [0.1, 0.15) is 5.82 Å². The number of nitrogens with zero attached hydrogens (tertiary/aromatic N) is 3. The molecule has 2 rings (SSSR count). The number of carbonyl (C=O) groups is 1. The Balaban J connectivity index is 2.16. The Labute approximate surface area is 116 Å². The number of anilines is 2. The van der Waals surface area contributed by atoms with E-state index in [0.29, 0.717) is 24.0 Å². The van der Waals surface area contributed by atoms with Gasteiger partial charge in [0.2, 0.25) is 11.9 Å². The van der Waals surface area contributed by atoms with Crippen LogP contribution in [-0.4, -0.2) is 45.7 Å². The fraction of sp³-hybridized carbons (Fsp3) is 0.500. The van der Waals surface area contributed by atoms with Gasteiger partial charge in [-0.15, -0.1) is 0 Å². The molecule has 0 radical (unpaired) electrons. The first-order valence-electron chi connectivity index (χ1n) is 6.70. The summed E-state index contributed by atoms with van der Waals surface area (Å²) in [5.41, 5.74) is 0.636. The Morgan fingerprint density at radius 1 is 1.30 bits per heavy atom. The minimum absolute atomic E-state index is 0.0779. The summed E-state index contributed by atoms with van der Waals surface area (Å²) in [6, 6.07) is 0. The molecule has 0 saturated heterocycles. The number of carbonyl (C=O) groups excluding carboxylic acids is 1. The summed E-state index contributed by atoms with van der Waals surface area (Å²) in [7, 11) is 0. The maximum atomic E-state index is 11.5. The van der Waals surface area contributed by atoms with E-state index in [1.807, 2.05) is 6.92 Å². The lowest BCUT2D eigenvalue weighted by Gasteiger charge is -2.09. The molecule has 0 aliphatic carbocycles. The van der Waals surface area contributed by atoms with E-state index in [1.165, 1.54) is 0 Å². The van der Waals surface area contributed by atoms with Gasteiger partial charge in [0.15, 0.2) is 5.65 Å². The van der Waals surface area contributed by atoms with Crippen LogP contribution in [0.25, 0.3) is 11.0 Å². The van der Waals surface area contributed by atoms with Gasteiger partial charge in [-0.25, -0.2) is 0 Å². The average Bonchev–Trinajstić information content (AvgIpc) is 2.91. The maximum absolute atomic E-state index is 11.5. The van der Waals surface area contributed by atoms with Crippen LogP contribution in [0.3, 0.4) is 0 Å². The number of rotatable bonds is 7. The standard InChI is InChI=1S/C12H19N7O/c1-3-5-14-12-17-10(15-7-9(20)13-4-2)8-6-16-19-11(8)18-12/h6H,3-5,7H2,1-2H3,(H,13,20)(H3,14,15,16,17,18,19). The number of H-pyrrole nitrogens is 1. The lowest BCUT2D eigenvalue weighted by atomic mass is 10.4. The van der Waals surface area contributed by atoms with Gasteiger partial charge in [-0.3, -0.25) is 9.89 Å². The SMILES string of the molecule is CCCNc1nc(NCC(=O)NCC)c2cn[nH]c2n1. The molecule has 20 heavy (non-hydrogen) atoms. The van der Waals surface area contributed by atoms with Crippen LogP contribution in [0.4, 0.5) is 11.8 Å². The minimum Gasteiger partial charge on any atom is -0.360 e. The summed E-state index contributed by atoms with van der Waals surface area (Å²) in [5, 5.41) is 16.4. The Bertz CT molecular complexity index is 580. The van der Waals surface area contributed by atoms with Crippen LogP contribution in [0.15, 0.2) is 6.20 Å². The number of amides is 1. The second-order valence-corrected chi connectivity index (χ2v) is 4.26. The fourth-order valence-corrected chi connectivity index (χ4v) is 1.71. The zero-order valence-electron chi connectivity index (χ0n) is 11.7. The number of aromatic amines is 1. The molecule has 0 aliphatic rings. The third kappa shape index (κ3) is 3.34. The monoisotopic (exact) mass is 277 g/mol. The highest BCUT2D eigenvalue weighted by Crippen LogP contribution is 2.19. The zero-order valence-corrected chi connectivity index (χ0v) is 11.7. The van der Waals surface area contributed by atoms with Crippen molar-refractivity contribution in [3.8, 4) is 0 Å². The van der Waals surface area contributed by atoms with E-state index in [2.05, 4.69) is 43.0 Å². The van der Waals surface area contributed by atoms with E-state index in [9.17, 15) is 4.79 Å². The molecule has 0 bridgehead atoms. The molecule has 8 heteroatoms. The van der Waals surface area contributed by atoms with Crippen LogP contribution in [0.2, 0.25) is 0 Å². The molecule has 0 unspecified atom stereocenters. The van der Waals surface area contributed by atoms with Crippen LogP contribution >= 0.6 is 0 Å². The topological polar surface area (TPSA) is 108 Å². The first kappa shape index (κ1) is 14.0. The maximum Gasteiger partial charge on any atom is 0.239 e. The van der Waals surface area contributed by atoms with Gasteiger partial charge in [-0.1, -0.05) is 6.92 Å². The Morgan fingerprint density at radius 3 is 2.90 bits per heavy atom. The number of hydrogen-bond donors (Lipinski definition) is 4. The average molecular weight is 277 g/mol. The quantitative estimate of drug-likeness (QED) is 0.594. The Morgan fingerprint density at radius 2 is 2.15 bits per heavy atom. The third-order valence-electron chi connectivity index (χ3n) is 2.63. The van der Waals surface area contributed by atoms with Gasteiger partial charge >= 0.3 is 0 Å². The van der Waals surface area contributed by atoms with Crippen molar-refractivity contribution in [3.05, 3.63) is 6.20 Å². The van der Waals surface area contributed by atoms with E-state index < -0.39 is 0 Å². The van der Waals surface area contributed by atoms with Crippen LogP contribution in [0.1, 0.15) is 20.3 Å². The fourth-order valence-electron chi connectivity index (χ4n) is 1.71. The predicted molar refractivity (Wildman–Crippen MR) is 77.6 cm³/mol. The molecule has 4 N–H and O–H groups in total. The van der Waals surface area contributed by atoms with Crippen molar-refractivity contribution in [3.63, 3.8) is 0 Å². The lowest BCUT2D eigenvalue weighted by Crippen LogP contribution is -2.29. The molecule has 0 saturated carbocycles. The summed E-state index contributed by atoms with van der Waals surface area (Å²) in [4.78, 5) is 20.2. The van der Waals surface area contributed by atoms with Crippen LogP contribution in [-0.2, 0) is 4.79 Å². The van der Waals surface area contributed by atoms with E-state index in [1.54, 1.807) is 6.20 Å². The lowest BCUT2D eigenvalue weighted by molar-refractivity contribution is -0.119. The van der Waals surface area contributed by atoms with Crippen molar-refractivity contribution in [2.45, 2.75) is 20.3 Å². The summed E-state index contributed by atoms with van der Waals surface area (Å²) >= 11 is 0. The van der Waals surface area contributed by atoms with Gasteiger partial charge < -0.3 is 16.0 Å². The molecule has 0 aromatic carbocycles. The second-order valence-electron chi connectivity index (χ2n) is 4.26. The van der Waals surface area contributed by atoms with Gasteiger partial charge in [0.25, 0.3) is 0 Å². The van der Waals surface area contributed by atoms with Gasteiger partial charge in [0.05, 0.1) is 18.1 Å². The number of fused-ring (bicyclic) bond motifs is 1. The van der Waals surface area contributed by atoms with Crippen molar-refractivity contribution >= 4 is 28.7 Å². The van der Waals surface area contributed by atoms with Crippen LogP contribution in [0, 0.1) is 0 Å². The van der Waals surface area contributed by atoms with E-state index in [-0.39, 0.29) is 12.5 Å². The molecular formula is C12H19N7O. The molecule has 0 fully saturated rings. The summed E-state index contributed by atoms with van der Waals surface area (Å²) < 4.78 is 0. The molecule has 2 heterocycles. The minimum atomic E-state index is -0.0779. The summed E-state index contributed by atoms with van der Waals surface area (Å²) in [6.45, 7) is 5.50. The Hall–Kier alpha value is -2.38. The van der Waals surface area contributed by atoms with Crippen molar-refractivity contribution < 1.29 is 4.79 Å². The van der Waals surface area contributed by atoms with Crippen LogP contribution < -0.4 is 16.0 Å². The normalized spacial score (nSPS) is 10.5. The van der Waals surface area contributed by atoms with Gasteiger partial charge in [-0.2, -0.15) is 15.1 Å². The smallest absolute Gasteiger partial charge is 0.239 e. The molecular weight excluding hydrogens is 258 g/mol. The van der Waals surface area contributed by atoms with Crippen molar-refractivity contribution in [2.24, 2.45) is 0 Å². The highest BCUT2D eigenvalue weighted by Gasteiger charge is 2.10. The highest BCUT2D eigenvalue weighted by molar-refractivity contribution is 5.89. The molecule has 108 valence electrons. The van der Waals surface area contributed by atoms with E-state index in [0.717, 1.165) is 18.4 Å². The summed E-state index contributed by atoms with van der Waals surface area (Å²) in [6.07, 6.45) is 2.62. The number of likely N-dealkylation sites (N-methyl/N-ethyl adjacent to an activating group) is 1. The predicted octanol–water partition coefficient (Wildman–Crippen LogP) is 0.723. The largest absolute Gasteiger partial charge is 0.360 e. The second kappa shape index (κ2) is 6.69. The summed E-state index contributed by atoms with van der Waals surface area (Å²) in [5.74, 6) is 1.03.